The molecule has 0 amide bonds. The summed E-state index contributed by atoms with van der Waals surface area (Å²) in [5.41, 5.74) is 2.37. The Bertz CT molecular complexity index is 383. The van der Waals surface area contributed by atoms with Crippen molar-refractivity contribution < 1.29 is 4.79 Å². The largest absolute Gasteiger partial charge is 0.298 e. The normalized spacial score (nSPS) is 54.7. The molecule has 0 spiro atoms. The van der Waals surface area contributed by atoms with Gasteiger partial charge in [0, 0.05) is 0 Å². The molecule has 2 saturated carbocycles. The molecule has 16 heavy (non-hydrogen) atoms. The molecular formula is C15H22O. The Morgan fingerprint density at radius 2 is 2.06 bits per heavy atom. The summed E-state index contributed by atoms with van der Waals surface area (Å²) >= 11 is 0. The molecule has 3 aliphatic carbocycles. The number of carbonyl (C=O) groups excluding carboxylic acids is 1. The van der Waals surface area contributed by atoms with Gasteiger partial charge in [0.15, 0.2) is 0 Å². The molecule has 3 aliphatic rings. The van der Waals surface area contributed by atoms with E-state index in [1.165, 1.54) is 25.7 Å². The Morgan fingerprint density at radius 1 is 1.31 bits per heavy atom. The first-order chi connectivity index (χ1) is 7.47. The molecule has 0 aromatic carbocycles. The first-order valence-electron chi connectivity index (χ1n) is 6.62. The van der Waals surface area contributed by atoms with Crippen LogP contribution in [0, 0.1) is 22.2 Å². The molecule has 2 bridgehead atoms. The Morgan fingerprint density at radius 3 is 2.75 bits per heavy atom. The third kappa shape index (κ3) is 0.881. The highest BCUT2D eigenvalue weighted by atomic mass is 16.1. The first kappa shape index (κ1) is 10.6. The van der Waals surface area contributed by atoms with Crippen LogP contribution >= 0.6 is 0 Å². The summed E-state index contributed by atoms with van der Waals surface area (Å²) in [6.45, 7) is 7.38. The van der Waals surface area contributed by atoms with E-state index < -0.39 is 0 Å². The molecule has 88 valence electrons. The maximum Gasteiger partial charge on any atom is 0.146 e. The van der Waals surface area contributed by atoms with E-state index in [4.69, 9.17) is 0 Å². The van der Waals surface area contributed by atoms with Gasteiger partial charge in [-0.2, -0.15) is 0 Å². The Hall–Kier alpha value is -0.590. The Kier molecular flexibility index (Phi) is 1.85. The van der Waals surface area contributed by atoms with E-state index in [0.717, 1.165) is 18.3 Å². The van der Waals surface area contributed by atoms with Crippen LogP contribution in [0.3, 0.4) is 0 Å². The summed E-state index contributed by atoms with van der Waals surface area (Å²) in [5.74, 6) is 0.538. The zero-order valence-electron chi connectivity index (χ0n) is 10.7. The van der Waals surface area contributed by atoms with Crippen molar-refractivity contribution in [3.8, 4) is 0 Å². The topological polar surface area (TPSA) is 17.1 Å². The molecule has 0 aromatic heterocycles. The van der Waals surface area contributed by atoms with E-state index in [1.807, 2.05) is 0 Å². The number of fused-ring (bicyclic) bond motifs is 5. The summed E-state index contributed by atoms with van der Waals surface area (Å²) in [4.78, 5) is 11.2. The smallest absolute Gasteiger partial charge is 0.146 e. The van der Waals surface area contributed by atoms with Crippen molar-refractivity contribution in [2.75, 3.05) is 0 Å². The van der Waals surface area contributed by atoms with Crippen LogP contribution < -0.4 is 0 Å². The van der Waals surface area contributed by atoms with Gasteiger partial charge < -0.3 is 0 Å². The average molecular weight is 218 g/mol. The quantitative estimate of drug-likeness (QED) is 0.613. The molecule has 1 heteroatoms. The number of aldehydes is 1. The van der Waals surface area contributed by atoms with Crippen molar-refractivity contribution in [3.63, 3.8) is 0 Å². The minimum atomic E-state index is 0.380. The third-order valence-corrected chi connectivity index (χ3v) is 6.72. The highest BCUT2D eigenvalue weighted by Gasteiger charge is 2.67. The lowest BCUT2D eigenvalue weighted by Crippen LogP contribution is -2.38. The monoisotopic (exact) mass is 218 g/mol. The summed E-state index contributed by atoms with van der Waals surface area (Å²) in [6.07, 6.45) is 9.74. The van der Waals surface area contributed by atoms with E-state index in [2.05, 4.69) is 26.8 Å². The van der Waals surface area contributed by atoms with Crippen molar-refractivity contribution in [1.29, 1.82) is 0 Å². The number of hydrogen-bond acceptors (Lipinski definition) is 1. The molecular weight excluding hydrogens is 196 g/mol. The summed E-state index contributed by atoms with van der Waals surface area (Å²) in [5, 5.41) is 0. The van der Waals surface area contributed by atoms with Gasteiger partial charge in [-0.3, -0.25) is 4.79 Å². The zero-order chi connectivity index (χ0) is 11.6. The molecule has 0 N–H and O–H groups in total. The molecule has 0 aliphatic heterocycles. The minimum absolute atomic E-state index is 0.380. The van der Waals surface area contributed by atoms with Gasteiger partial charge in [0.25, 0.3) is 0 Å². The molecule has 0 aromatic rings. The number of hydrogen-bond donors (Lipinski definition) is 0. The minimum Gasteiger partial charge on any atom is -0.298 e. The molecule has 4 atom stereocenters. The lowest BCUT2D eigenvalue weighted by Gasteiger charge is -2.45. The van der Waals surface area contributed by atoms with Crippen LogP contribution in [0.1, 0.15) is 52.9 Å². The van der Waals surface area contributed by atoms with E-state index in [9.17, 15) is 4.79 Å². The maximum atomic E-state index is 11.2. The SMILES string of the molecule is C[C@@]12CC=C(C=O)[C@@H](C1)[C@]1(C)CCC[C@@]21C. The third-order valence-electron chi connectivity index (χ3n) is 6.72. The maximum absolute atomic E-state index is 11.2. The summed E-state index contributed by atoms with van der Waals surface area (Å²) in [7, 11) is 0. The number of allylic oxidation sites excluding steroid dienone is 2. The fourth-order valence-corrected chi connectivity index (χ4v) is 5.23. The van der Waals surface area contributed by atoms with Crippen molar-refractivity contribution in [1.82, 2.24) is 0 Å². The van der Waals surface area contributed by atoms with Gasteiger partial charge in [-0.05, 0) is 53.4 Å². The van der Waals surface area contributed by atoms with Crippen molar-refractivity contribution >= 4 is 6.29 Å². The Balaban J connectivity index is 2.16. The van der Waals surface area contributed by atoms with Crippen LogP contribution in [0.4, 0.5) is 0 Å². The molecule has 0 saturated heterocycles. The predicted molar refractivity (Wildman–Crippen MR) is 65.0 cm³/mol. The van der Waals surface area contributed by atoms with E-state index in [-0.39, 0.29) is 0 Å². The lowest BCUT2D eigenvalue weighted by molar-refractivity contribution is -0.105. The average Bonchev–Trinajstić information content (AvgIpc) is 2.63. The highest BCUT2D eigenvalue weighted by Crippen LogP contribution is 2.75. The van der Waals surface area contributed by atoms with Gasteiger partial charge in [0.2, 0.25) is 0 Å². The van der Waals surface area contributed by atoms with Gasteiger partial charge >= 0.3 is 0 Å². The van der Waals surface area contributed by atoms with Crippen LogP contribution in [0.5, 0.6) is 0 Å². The van der Waals surface area contributed by atoms with Gasteiger partial charge in [-0.25, -0.2) is 0 Å². The van der Waals surface area contributed by atoms with Crippen LogP contribution in [-0.2, 0) is 4.79 Å². The summed E-state index contributed by atoms with van der Waals surface area (Å²) in [6, 6.07) is 0. The van der Waals surface area contributed by atoms with Crippen molar-refractivity contribution in [2.45, 2.75) is 52.9 Å². The number of rotatable bonds is 1. The molecule has 2 fully saturated rings. The standard InChI is InChI=1S/C15H22O/c1-13-8-5-11(10-16)12(9-13)14(2)6-4-7-15(13,14)3/h5,10,12H,4,6-9H2,1-3H3/t12-,13-,14+,15+/m1/s1. The molecule has 0 unspecified atom stereocenters. The Labute approximate surface area is 98.3 Å². The van der Waals surface area contributed by atoms with E-state index in [0.29, 0.717) is 22.2 Å². The second-order valence-electron chi connectivity index (χ2n) is 6.95. The van der Waals surface area contributed by atoms with Crippen LogP contribution in [0.25, 0.3) is 0 Å². The van der Waals surface area contributed by atoms with Crippen LogP contribution in [0.2, 0.25) is 0 Å². The lowest BCUT2D eigenvalue weighted by atomic mass is 9.59. The van der Waals surface area contributed by atoms with Gasteiger partial charge in [-0.1, -0.05) is 33.3 Å². The van der Waals surface area contributed by atoms with Gasteiger partial charge in [0.05, 0.1) is 0 Å². The van der Waals surface area contributed by atoms with Crippen molar-refractivity contribution in [3.05, 3.63) is 11.6 Å². The van der Waals surface area contributed by atoms with Crippen molar-refractivity contribution in [2.24, 2.45) is 22.2 Å². The van der Waals surface area contributed by atoms with E-state index in [1.54, 1.807) is 0 Å². The first-order valence-corrected chi connectivity index (χ1v) is 6.62. The zero-order valence-corrected chi connectivity index (χ0v) is 10.7. The number of carbonyl (C=O) groups is 1. The summed E-state index contributed by atoms with van der Waals surface area (Å²) < 4.78 is 0. The van der Waals surface area contributed by atoms with Crippen LogP contribution in [0.15, 0.2) is 11.6 Å². The van der Waals surface area contributed by atoms with E-state index >= 15 is 0 Å². The molecule has 1 nitrogen and oxygen atoms in total. The molecule has 0 radical (unpaired) electrons. The molecule has 3 rings (SSSR count). The highest BCUT2D eigenvalue weighted by molar-refractivity contribution is 5.75. The van der Waals surface area contributed by atoms with Crippen LogP contribution in [-0.4, -0.2) is 6.29 Å². The van der Waals surface area contributed by atoms with Gasteiger partial charge in [0.1, 0.15) is 6.29 Å². The molecule has 0 heterocycles. The van der Waals surface area contributed by atoms with Gasteiger partial charge in [-0.15, -0.1) is 0 Å². The predicted octanol–water partition coefficient (Wildman–Crippen LogP) is 3.74. The fraction of sp³-hybridized carbons (Fsp3) is 0.800. The second-order valence-corrected chi connectivity index (χ2v) is 6.95. The fourth-order valence-electron chi connectivity index (χ4n) is 5.23. The second kappa shape index (κ2) is 2.80.